The molecule has 21 heavy (non-hydrogen) atoms. The molecule has 1 aromatic carbocycles. The quantitative estimate of drug-likeness (QED) is 0.825. The molecule has 0 radical (unpaired) electrons. The van der Waals surface area contributed by atoms with E-state index in [4.69, 9.17) is 0 Å². The van der Waals surface area contributed by atoms with Crippen molar-refractivity contribution in [3.05, 3.63) is 46.0 Å². The largest absolute Gasteiger partial charge is 0.451 e. The van der Waals surface area contributed by atoms with Gasteiger partial charge in [0.15, 0.2) is 0 Å². The van der Waals surface area contributed by atoms with Gasteiger partial charge in [-0.3, -0.25) is 4.90 Å². The third kappa shape index (κ3) is 3.11. The topological polar surface area (TPSA) is 34.0 Å². The van der Waals surface area contributed by atoms with Crippen molar-refractivity contribution in [2.75, 3.05) is 6.54 Å². The van der Waals surface area contributed by atoms with E-state index in [0.29, 0.717) is 25.5 Å². The molecule has 1 aliphatic heterocycles. The monoisotopic (exact) mass is 360 g/mol. The predicted octanol–water partition coefficient (Wildman–Crippen LogP) is 3.08. The summed E-state index contributed by atoms with van der Waals surface area (Å²) in [6.45, 7) is 1.84. The van der Waals surface area contributed by atoms with Crippen LogP contribution in [0.2, 0.25) is 0 Å². The summed E-state index contributed by atoms with van der Waals surface area (Å²) in [5.41, 5.74) is 1.10. The predicted molar refractivity (Wildman–Crippen MR) is 73.3 cm³/mol. The van der Waals surface area contributed by atoms with Crippen molar-refractivity contribution in [3.63, 3.8) is 0 Å². The van der Waals surface area contributed by atoms with Gasteiger partial charge in [-0.2, -0.15) is 13.2 Å². The first kappa shape index (κ1) is 14.5. The molecule has 0 atom stereocenters. The lowest BCUT2D eigenvalue weighted by atomic mass is 10.2. The summed E-state index contributed by atoms with van der Waals surface area (Å²) in [6.07, 6.45) is -4.45. The van der Waals surface area contributed by atoms with Crippen LogP contribution in [0, 0.1) is 0 Å². The van der Waals surface area contributed by atoms with Gasteiger partial charge < -0.3 is 4.57 Å². The summed E-state index contributed by atoms with van der Waals surface area (Å²) in [5, 5.41) is 6.95. The van der Waals surface area contributed by atoms with E-state index in [0.717, 1.165) is 14.6 Å². The van der Waals surface area contributed by atoms with Crippen molar-refractivity contribution in [1.29, 1.82) is 0 Å². The second-order valence-corrected chi connectivity index (χ2v) is 5.85. The van der Waals surface area contributed by atoms with Crippen LogP contribution >= 0.6 is 15.9 Å². The van der Waals surface area contributed by atoms with Crippen LogP contribution in [-0.4, -0.2) is 26.2 Å². The van der Waals surface area contributed by atoms with Gasteiger partial charge >= 0.3 is 6.18 Å². The maximum absolute atomic E-state index is 12.8. The molecule has 112 valence electrons. The fraction of sp³-hybridized carbons (Fsp3) is 0.385. The number of hydrogen-bond acceptors (Lipinski definition) is 3. The van der Waals surface area contributed by atoms with Crippen molar-refractivity contribution in [2.45, 2.75) is 25.8 Å². The molecule has 2 aromatic rings. The molecule has 1 aromatic heterocycles. The minimum Gasteiger partial charge on any atom is -0.305 e. The first-order valence-corrected chi connectivity index (χ1v) is 7.19. The summed E-state index contributed by atoms with van der Waals surface area (Å²) < 4.78 is 40.4. The minimum atomic E-state index is -4.45. The van der Waals surface area contributed by atoms with Gasteiger partial charge in [-0.05, 0) is 17.7 Å². The van der Waals surface area contributed by atoms with Crippen LogP contribution in [-0.2, 0) is 25.8 Å². The first-order valence-electron chi connectivity index (χ1n) is 6.39. The molecular formula is C13H12BrF3N4. The van der Waals surface area contributed by atoms with Crippen LogP contribution in [0.3, 0.4) is 0 Å². The zero-order valence-corrected chi connectivity index (χ0v) is 12.5. The molecule has 0 saturated carbocycles. The van der Waals surface area contributed by atoms with E-state index in [1.54, 1.807) is 0 Å². The van der Waals surface area contributed by atoms with Crippen molar-refractivity contribution in [1.82, 2.24) is 19.7 Å². The lowest BCUT2D eigenvalue weighted by Gasteiger charge is -2.27. The van der Waals surface area contributed by atoms with E-state index < -0.39 is 12.0 Å². The molecule has 0 amide bonds. The Morgan fingerprint density at radius 2 is 2.00 bits per heavy atom. The molecule has 2 heterocycles. The summed E-state index contributed by atoms with van der Waals surface area (Å²) in [7, 11) is 0. The fourth-order valence-electron chi connectivity index (χ4n) is 2.45. The summed E-state index contributed by atoms with van der Waals surface area (Å²) in [6, 6.07) is 7.87. The van der Waals surface area contributed by atoms with Gasteiger partial charge in [0, 0.05) is 24.1 Å². The smallest absolute Gasteiger partial charge is 0.305 e. The maximum Gasteiger partial charge on any atom is 0.451 e. The van der Waals surface area contributed by atoms with Gasteiger partial charge in [-0.25, -0.2) is 0 Å². The van der Waals surface area contributed by atoms with Gasteiger partial charge in [0.05, 0.1) is 6.54 Å². The molecule has 0 aliphatic carbocycles. The average molecular weight is 361 g/mol. The number of halogens is 4. The Morgan fingerprint density at radius 3 is 2.71 bits per heavy atom. The molecule has 0 bridgehead atoms. The lowest BCUT2D eigenvalue weighted by Crippen LogP contribution is -2.34. The van der Waals surface area contributed by atoms with Crippen LogP contribution in [0.4, 0.5) is 13.2 Å². The normalized spacial score (nSPS) is 16.0. The van der Waals surface area contributed by atoms with E-state index in [1.807, 2.05) is 24.3 Å². The lowest BCUT2D eigenvalue weighted by molar-refractivity contribution is -0.148. The number of rotatable bonds is 2. The second kappa shape index (κ2) is 5.42. The number of benzene rings is 1. The third-order valence-corrected chi connectivity index (χ3v) is 3.87. The van der Waals surface area contributed by atoms with Crippen LogP contribution in [0.25, 0.3) is 0 Å². The van der Waals surface area contributed by atoms with Gasteiger partial charge in [0.25, 0.3) is 0 Å². The molecular weight excluding hydrogens is 349 g/mol. The Kier molecular flexibility index (Phi) is 3.75. The molecule has 0 N–H and O–H groups in total. The maximum atomic E-state index is 12.8. The van der Waals surface area contributed by atoms with E-state index in [-0.39, 0.29) is 6.54 Å². The molecule has 0 saturated heterocycles. The summed E-state index contributed by atoms with van der Waals surface area (Å²) >= 11 is 3.41. The van der Waals surface area contributed by atoms with Crippen molar-refractivity contribution < 1.29 is 13.2 Å². The zero-order valence-electron chi connectivity index (χ0n) is 10.9. The third-order valence-electron chi connectivity index (χ3n) is 3.38. The molecule has 4 nitrogen and oxygen atoms in total. The Morgan fingerprint density at radius 1 is 1.19 bits per heavy atom. The number of fused-ring (bicyclic) bond motifs is 1. The average Bonchev–Trinajstić information content (AvgIpc) is 2.81. The van der Waals surface area contributed by atoms with Gasteiger partial charge in [0.1, 0.15) is 5.82 Å². The van der Waals surface area contributed by atoms with Crippen LogP contribution in [0.5, 0.6) is 0 Å². The Bertz CT molecular complexity index is 653. The van der Waals surface area contributed by atoms with E-state index in [9.17, 15) is 13.2 Å². The van der Waals surface area contributed by atoms with Crippen LogP contribution in [0.1, 0.15) is 17.2 Å². The molecule has 3 rings (SSSR count). The SMILES string of the molecule is FC(F)(F)c1nnc2n1CCN(Cc1cccc(Br)c1)C2. The number of alkyl halides is 3. The fourth-order valence-corrected chi connectivity index (χ4v) is 2.89. The second-order valence-electron chi connectivity index (χ2n) is 4.93. The van der Waals surface area contributed by atoms with Crippen molar-refractivity contribution in [3.8, 4) is 0 Å². The summed E-state index contributed by atoms with van der Waals surface area (Å²) in [4.78, 5) is 2.06. The Hall–Kier alpha value is -1.41. The van der Waals surface area contributed by atoms with Gasteiger partial charge in [-0.15, -0.1) is 10.2 Å². The first-order chi connectivity index (χ1) is 9.93. The van der Waals surface area contributed by atoms with Crippen molar-refractivity contribution in [2.24, 2.45) is 0 Å². The number of aromatic nitrogens is 3. The number of nitrogens with zero attached hydrogens (tertiary/aromatic N) is 4. The zero-order chi connectivity index (χ0) is 15.0. The van der Waals surface area contributed by atoms with E-state index >= 15 is 0 Å². The highest BCUT2D eigenvalue weighted by atomic mass is 79.9. The summed E-state index contributed by atoms with van der Waals surface area (Å²) in [5.74, 6) is -0.539. The van der Waals surface area contributed by atoms with E-state index in [1.165, 1.54) is 0 Å². The molecule has 1 aliphatic rings. The highest BCUT2D eigenvalue weighted by Gasteiger charge is 2.39. The highest BCUT2D eigenvalue weighted by molar-refractivity contribution is 9.10. The molecule has 8 heteroatoms. The molecule has 0 fully saturated rings. The molecule has 0 spiro atoms. The standard InChI is InChI=1S/C13H12BrF3N4/c14-10-3-1-2-9(6-10)7-20-4-5-21-11(8-20)18-19-12(21)13(15,16)17/h1-3,6H,4-5,7-8H2. The molecule has 0 unspecified atom stereocenters. The van der Waals surface area contributed by atoms with Crippen LogP contribution < -0.4 is 0 Å². The van der Waals surface area contributed by atoms with Gasteiger partial charge in [-0.1, -0.05) is 28.1 Å². The van der Waals surface area contributed by atoms with Crippen LogP contribution in [0.15, 0.2) is 28.7 Å². The highest BCUT2D eigenvalue weighted by Crippen LogP contribution is 2.29. The Labute approximate surface area is 127 Å². The van der Waals surface area contributed by atoms with E-state index in [2.05, 4.69) is 31.0 Å². The minimum absolute atomic E-state index is 0.255. The van der Waals surface area contributed by atoms with Gasteiger partial charge in [0.2, 0.25) is 5.82 Å². The Balaban J connectivity index is 1.75. The number of hydrogen-bond donors (Lipinski definition) is 0. The van der Waals surface area contributed by atoms with Crippen molar-refractivity contribution >= 4 is 15.9 Å².